The van der Waals surface area contributed by atoms with E-state index in [1.807, 2.05) is 0 Å². The van der Waals surface area contributed by atoms with Gasteiger partial charge < -0.3 is 9.64 Å². The van der Waals surface area contributed by atoms with Crippen LogP contribution in [0.1, 0.15) is 33.6 Å². The summed E-state index contributed by atoms with van der Waals surface area (Å²) in [6.45, 7) is 11.3. The van der Waals surface area contributed by atoms with E-state index in [1.165, 1.54) is 25.9 Å². The smallest absolute Gasteiger partial charge is 0.0596 e. The maximum atomic E-state index is 5.61. The van der Waals surface area contributed by atoms with E-state index in [4.69, 9.17) is 4.74 Å². The van der Waals surface area contributed by atoms with Gasteiger partial charge in [0, 0.05) is 19.6 Å². The summed E-state index contributed by atoms with van der Waals surface area (Å²) in [7, 11) is 0. The van der Waals surface area contributed by atoms with E-state index < -0.39 is 0 Å². The van der Waals surface area contributed by atoms with Gasteiger partial charge in [-0.25, -0.2) is 0 Å². The van der Waals surface area contributed by atoms with Crippen molar-refractivity contribution in [1.29, 1.82) is 0 Å². The fraction of sp³-hybridized carbons (Fsp3) is 1.00. The Morgan fingerprint density at radius 3 is 2.33 bits per heavy atom. The largest absolute Gasteiger partial charge is 0.377 e. The Kier molecular flexibility index (Phi) is 3.68. The van der Waals surface area contributed by atoms with Crippen molar-refractivity contribution in [2.75, 3.05) is 26.2 Å². The second kappa shape index (κ2) is 4.84. The molecule has 1 aliphatic carbocycles. The monoisotopic (exact) mass is 211 g/mol. The van der Waals surface area contributed by atoms with Gasteiger partial charge in [-0.15, -0.1) is 0 Å². The maximum absolute atomic E-state index is 5.61. The molecule has 0 aromatic heterocycles. The molecule has 88 valence electrons. The van der Waals surface area contributed by atoms with E-state index >= 15 is 0 Å². The fourth-order valence-electron chi connectivity index (χ4n) is 3.30. The molecular weight excluding hydrogens is 186 g/mol. The van der Waals surface area contributed by atoms with Gasteiger partial charge in [0.25, 0.3) is 0 Å². The highest BCUT2D eigenvalue weighted by molar-refractivity contribution is 4.90. The molecule has 2 fully saturated rings. The molecule has 1 saturated heterocycles. The lowest BCUT2D eigenvalue weighted by Gasteiger charge is -2.18. The van der Waals surface area contributed by atoms with Crippen molar-refractivity contribution < 1.29 is 4.74 Å². The molecule has 0 amide bonds. The van der Waals surface area contributed by atoms with Gasteiger partial charge >= 0.3 is 0 Å². The fourth-order valence-corrected chi connectivity index (χ4v) is 3.30. The van der Waals surface area contributed by atoms with Crippen molar-refractivity contribution in [2.24, 2.45) is 17.8 Å². The molecule has 2 rings (SSSR count). The average Bonchev–Trinajstić information content (AvgIpc) is 2.60. The van der Waals surface area contributed by atoms with Gasteiger partial charge in [-0.3, -0.25) is 0 Å². The van der Waals surface area contributed by atoms with Crippen molar-refractivity contribution in [3.05, 3.63) is 0 Å². The Balaban J connectivity index is 1.66. The molecule has 0 spiro atoms. The zero-order valence-corrected chi connectivity index (χ0v) is 10.4. The normalized spacial score (nSPS) is 36.4. The molecule has 1 heterocycles. The Morgan fingerprint density at radius 2 is 1.80 bits per heavy atom. The Morgan fingerprint density at radius 1 is 1.20 bits per heavy atom. The van der Waals surface area contributed by atoms with Gasteiger partial charge in [-0.1, -0.05) is 6.92 Å². The molecular formula is C13H25NO. The number of nitrogens with zero attached hydrogens (tertiary/aromatic N) is 1. The maximum Gasteiger partial charge on any atom is 0.0596 e. The molecule has 0 radical (unpaired) electrons. The minimum absolute atomic E-state index is 0.382. The van der Waals surface area contributed by atoms with Crippen LogP contribution in [0.3, 0.4) is 0 Å². The molecule has 2 aliphatic rings. The third kappa shape index (κ3) is 2.94. The van der Waals surface area contributed by atoms with Crippen LogP contribution in [0.5, 0.6) is 0 Å². The SMILES string of the molecule is CC1C[C@@H]2CN(CCOC(C)C)C[C@@H]2C1. The molecule has 1 saturated carbocycles. The summed E-state index contributed by atoms with van der Waals surface area (Å²) >= 11 is 0. The Bertz CT molecular complexity index is 191. The number of fused-ring (bicyclic) bond motifs is 1. The number of hydrogen-bond acceptors (Lipinski definition) is 2. The summed E-state index contributed by atoms with van der Waals surface area (Å²) < 4.78 is 5.61. The van der Waals surface area contributed by atoms with Gasteiger partial charge in [-0.2, -0.15) is 0 Å². The zero-order valence-electron chi connectivity index (χ0n) is 10.4. The zero-order chi connectivity index (χ0) is 10.8. The number of hydrogen-bond donors (Lipinski definition) is 0. The van der Waals surface area contributed by atoms with Crippen LogP contribution < -0.4 is 0 Å². The molecule has 1 aliphatic heterocycles. The quantitative estimate of drug-likeness (QED) is 0.708. The predicted molar refractivity (Wildman–Crippen MR) is 62.9 cm³/mol. The van der Waals surface area contributed by atoms with Gasteiger partial charge in [0.2, 0.25) is 0 Å². The Hall–Kier alpha value is -0.0800. The van der Waals surface area contributed by atoms with E-state index in [2.05, 4.69) is 25.7 Å². The minimum atomic E-state index is 0.382. The number of likely N-dealkylation sites (tertiary alicyclic amines) is 1. The topological polar surface area (TPSA) is 12.5 Å². The lowest BCUT2D eigenvalue weighted by Crippen LogP contribution is -2.27. The molecule has 1 unspecified atom stereocenters. The lowest BCUT2D eigenvalue weighted by molar-refractivity contribution is 0.0619. The first-order valence-corrected chi connectivity index (χ1v) is 6.49. The Labute approximate surface area is 94.0 Å². The van der Waals surface area contributed by atoms with Crippen LogP contribution >= 0.6 is 0 Å². The first kappa shape index (κ1) is 11.4. The summed E-state index contributed by atoms with van der Waals surface area (Å²) in [6, 6.07) is 0. The molecule has 0 aromatic rings. The summed E-state index contributed by atoms with van der Waals surface area (Å²) in [6.07, 6.45) is 3.31. The summed E-state index contributed by atoms with van der Waals surface area (Å²) in [5.41, 5.74) is 0. The van der Waals surface area contributed by atoms with Crippen LogP contribution in [-0.2, 0) is 4.74 Å². The van der Waals surface area contributed by atoms with Crippen LogP contribution in [0.2, 0.25) is 0 Å². The molecule has 2 heteroatoms. The number of rotatable bonds is 4. The van der Waals surface area contributed by atoms with E-state index in [-0.39, 0.29) is 0 Å². The van der Waals surface area contributed by atoms with E-state index in [9.17, 15) is 0 Å². The first-order chi connectivity index (χ1) is 7.15. The third-order valence-electron chi connectivity index (χ3n) is 3.92. The molecule has 0 bridgehead atoms. The van der Waals surface area contributed by atoms with Gasteiger partial charge in [0.15, 0.2) is 0 Å². The van der Waals surface area contributed by atoms with Gasteiger partial charge in [0.1, 0.15) is 0 Å². The minimum Gasteiger partial charge on any atom is -0.377 e. The van der Waals surface area contributed by atoms with Crippen LogP contribution in [-0.4, -0.2) is 37.2 Å². The van der Waals surface area contributed by atoms with E-state index in [1.54, 1.807) is 0 Å². The number of ether oxygens (including phenoxy) is 1. The van der Waals surface area contributed by atoms with Crippen LogP contribution in [0.25, 0.3) is 0 Å². The van der Waals surface area contributed by atoms with Crippen LogP contribution in [0, 0.1) is 17.8 Å². The highest BCUT2D eigenvalue weighted by atomic mass is 16.5. The summed E-state index contributed by atoms with van der Waals surface area (Å²) in [5.74, 6) is 2.98. The van der Waals surface area contributed by atoms with Gasteiger partial charge in [0.05, 0.1) is 12.7 Å². The lowest BCUT2D eigenvalue weighted by atomic mass is 10.0. The highest BCUT2D eigenvalue weighted by Crippen LogP contribution is 2.40. The molecule has 0 aromatic carbocycles. The van der Waals surface area contributed by atoms with E-state index in [0.29, 0.717) is 6.10 Å². The molecule has 3 atom stereocenters. The van der Waals surface area contributed by atoms with Gasteiger partial charge in [-0.05, 0) is 44.4 Å². The summed E-state index contributed by atoms with van der Waals surface area (Å²) in [4.78, 5) is 2.60. The predicted octanol–water partition coefficient (Wildman–Crippen LogP) is 2.39. The standard InChI is InChI=1S/C13H25NO/c1-10(2)15-5-4-14-8-12-6-11(3)7-13(12)9-14/h10-13H,4-9H2,1-3H3/t11?,12-,13+. The third-order valence-corrected chi connectivity index (χ3v) is 3.92. The highest BCUT2D eigenvalue weighted by Gasteiger charge is 2.38. The first-order valence-electron chi connectivity index (χ1n) is 6.49. The van der Waals surface area contributed by atoms with Crippen molar-refractivity contribution >= 4 is 0 Å². The molecule has 2 nitrogen and oxygen atoms in total. The average molecular weight is 211 g/mol. The second-order valence-electron chi connectivity index (χ2n) is 5.78. The van der Waals surface area contributed by atoms with Crippen molar-refractivity contribution in [1.82, 2.24) is 4.90 Å². The van der Waals surface area contributed by atoms with Crippen molar-refractivity contribution in [2.45, 2.75) is 39.7 Å². The summed E-state index contributed by atoms with van der Waals surface area (Å²) in [5, 5.41) is 0. The van der Waals surface area contributed by atoms with Crippen LogP contribution in [0.4, 0.5) is 0 Å². The second-order valence-corrected chi connectivity index (χ2v) is 5.78. The molecule has 0 N–H and O–H groups in total. The van der Waals surface area contributed by atoms with Crippen molar-refractivity contribution in [3.63, 3.8) is 0 Å². The van der Waals surface area contributed by atoms with E-state index in [0.717, 1.165) is 30.9 Å². The van der Waals surface area contributed by atoms with Crippen molar-refractivity contribution in [3.8, 4) is 0 Å². The molecule has 15 heavy (non-hydrogen) atoms. The van der Waals surface area contributed by atoms with Crippen LogP contribution in [0.15, 0.2) is 0 Å².